The Hall–Kier alpha value is -3.92. The van der Waals surface area contributed by atoms with E-state index in [9.17, 15) is 20.4 Å². The van der Waals surface area contributed by atoms with Gasteiger partial charge in [-0.1, -0.05) is 24.3 Å². The van der Waals surface area contributed by atoms with E-state index < -0.39 is 0 Å². The highest BCUT2D eigenvalue weighted by Gasteiger charge is 2.18. The fraction of sp³-hybridized carbons (Fsp3) is 0.273. The average Bonchev–Trinajstić information content (AvgIpc) is 2.85. The van der Waals surface area contributed by atoms with Crippen molar-refractivity contribution in [3.05, 3.63) is 115 Å². The lowest BCUT2D eigenvalue weighted by Gasteiger charge is -2.19. The van der Waals surface area contributed by atoms with E-state index in [0.717, 1.165) is 66.8 Å². The minimum atomic E-state index is 0.239. The molecule has 37 heavy (non-hydrogen) atoms. The van der Waals surface area contributed by atoms with Crippen molar-refractivity contribution in [2.45, 2.75) is 60.8 Å². The molecule has 0 heterocycles. The first kappa shape index (κ1) is 26.2. The maximum atomic E-state index is 11.0. The molecule has 0 aliphatic carbocycles. The van der Waals surface area contributed by atoms with Crippen LogP contribution in [0.3, 0.4) is 0 Å². The maximum Gasteiger partial charge on any atom is 0.122 e. The summed E-state index contributed by atoms with van der Waals surface area (Å²) in [7, 11) is 0. The zero-order valence-corrected chi connectivity index (χ0v) is 22.5. The molecular formula is C33H36O4. The van der Waals surface area contributed by atoms with Crippen molar-refractivity contribution in [1.29, 1.82) is 0 Å². The molecule has 0 unspecified atom stereocenters. The van der Waals surface area contributed by atoms with E-state index in [1.54, 1.807) is 24.3 Å². The Kier molecular flexibility index (Phi) is 7.22. The van der Waals surface area contributed by atoms with Gasteiger partial charge in [0.1, 0.15) is 23.0 Å². The standard InChI is InChI=1S/C33H36O4/c1-18-11-30(34)9-7-24(18)13-28-16-26(20(3)22(5)32(28)36)15-27-17-29(33(37)23(6)21(27)4)14-25-8-10-31(35)12-19(25)2/h7-12,16-17,34-37H,13-15H2,1-6H3. The van der Waals surface area contributed by atoms with Gasteiger partial charge in [0.05, 0.1) is 0 Å². The van der Waals surface area contributed by atoms with Gasteiger partial charge in [-0.3, -0.25) is 0 Å². The first-order valence-corrected chi connectivity index (χ1v) is 12.6. The lowest BCUT2D eigenvalue weighted by atomic mass is 9.87. The number of benzene rings is 4. The lowest BCUT2D eigenvalue weighted by molar-refractivity contribution is 0.464. The van der Waals surface area contributed by atoms with E-state index in [1.807, 2.05) is 53.7 Å². The van der Waals surface area contributed by atoms with Gasteiger partial charge in [0.2, 0.25) is 0 Å². The Bertz CT molecular complexity index is 1380. The van der Waals surface area contributed by atoms with Gasteiger partial charge in [0.15, 0.2) is 0 Å². The Morgan fingerprint density at radius 2 is 0.757 bits per heavy atom. The summed E-state index contributed by atoms with van der Waals surface area (Å²) >= 11 is 0. The molecule has 0 saturated carbocycles. The lowest BCUT2D eigenvalue weighted by Crippen LogP contribution is -2.04. The fourth-order valence-electron chi connectivity index (χ4n) is 5.10. The molecule has 0 bridgehead atoms. The number of rotatable bonds is 6. The summed E-state index contributed by atoms with van der Waals surface area (Å²) in [6.45, 7) is 11.9. The number of aromatic hydroxyl groups is 4. The Morgan fingerprint density at radius 1 is 0.405 bits per heavy atom. The van der Waals surface area contributed by atoms with Crippen LogP contribution in [-0.2, 0) is 19.3 Å². The monoisotopic (exact) mass is 496 g/mol. The van der Waals surface area contributed by atoms with Gasteiger partial charge in [-0.15, -0.1) is 0 Å². The van der Waals surface area contributed by atoms with Crippen molar-refractivity contribution in [1.82, 2.24) is 0 Å². The summed E-state index contributed by atoms with van der Waals surface area (Å²) in [6.07, 6.45) is 1.83. The third kappa shape index (κ3) is 5.29. The van der Waals surface area contributed by atoms with E-state index >= 15 is 0 Å². The molecule has 4 N–H and O–H groups in total. The highest BCUT2D eigenvalue weighted by molar-refractivity contribution is 5.55. The summed E-state index contributed by atoms with van der Waals surface area (Å²) < 4.78 is 0. The van der Waals surface area contributed by atoms with E-state index in [4.69, 9.17) is 0 Å². The minimum absolute atomic E-state index is 0.239. The Morgan fingerprint density at radius 3 is 1.11 bits per heavy atom. The van der Waals surface area contributed by atoms with E-state index in [1.165, 1.54) is 0 Å². The normalized spacial score (nSPS) is 11.2. The topological polar surface area (TPSA) is 80.9 Å². The molecule has 0 amide bonds. The van der Waals surface area contributed by atoms with Gasteiger partial charge in [-0.2, -0.15) is 0 Å². The third-order valence-electron chi connectivity index (χ3n) is 7.90. The molecule has 0 aliphatic heterocycles. The fourth-order valence-corrected chi connectivity index (χ4v) is 5.10. The first-order chi connectivity index (χ1) is 17.5. The van der Waals surface area contributed by atoms with Gasteiger partial charge >= 0.3 is 0 Å². The van der Waals surface area contributed by atoms with Crippen LogP contribution in [0.2, 0.25) is 0 Å². The molecule has 0 fully saturated rings. The smallest absolute Gasteiger partial charge is 0.122 e. The number of phenols is 4. The molecule has 4 aromatic rings. The number of aryl methyl sites for hydroxylation is 2. The van der Waals surface area contributed by atoms with Gasteiger partial charge in [0, 0.05) is 12.8 Å². The van der Waals surface area contributed by atoms with Crippen molar-refractivity contribution in [3.63, 3.8) is 0 Å². The summed E-state index contributed by atoms with van der Waals surface area (Å²) in [5.41, 5.74) is 12.0. The molecule has 0 atom stereocenters. The SMILES string of the molecule is Cc1cc(O)ccc1Cc1cc(Cc2cc(Cc3ccc(O)cc3C)c(O)c(C)c2C)c(C)c(C)c1O. The Labute approximate surface area is 219 Å². The Balaban J connectivity index is 1.73. The van der Waals surface area contributed by atoms with Crippen LogP contribution >= 0.6 is 0 Å². The molecule has 0 spiro atoms. The zero-order chi connectivity index (χ0) is 27.0. The highest BCUT2D eigenvalue weighted by atomic mass is 16.3. The van der Waals surface area contributed by atoms with Crippen LogP contribution in [0, 0.1) is 41.5 Å². The molecule has 0 aliphatic rings. The number of phenolic OH excluding ortho intramolecular Hbond substituents is 4. The maximum absolute atomic E-state index is 11.0. The van der Waals surface area contributed by atoms with Crippen molar-refractivity contribution in [2.24, 2.45) is 0 Å². The molecule has 4 heteroatoms. The van der Waals surface area contributed by atoms with Gasteiger partial charge < -0.3 is 20.4 Å². The van der Waals surface area contributed by atoms with E-state index in [2.05, 4.69) is 12.1 Å². The molecule has 0 radical (unpaired) electrons. The zero-order valence-electron chi connectivity index (χ0n) is 22.5. The highest BCUT2D eigenvalue weighted by Crippen LogP contribution is 2.35. The molecule has 4 nitrogen and oxygen atoms in total. The molecule has 0 saturated heterocycles. The van der Waals surface area contributed by atoms with Gasteiger partial charge in [-0.25, -0.2) is 0 Å². The summed E-state index contributed by atoms with van der Waals surface area (Å²) in [5.74, 6) is 1.11. The van der Waals surface area contributed by atoms with Crippen molar-refractivity contribution in [2.75, 3.05) is 0 Å². The molecule has 0 aromatic heterocycles. The summed E-state index contributed by atoms with van der Waals surface area (Å²) in [6, 6.07) is 14.9. The van der Waals surface area contributed by atoms with Crippen molar-refractivity contribution >= 4 is 0 Å². The third-order valence-corrected chi connectivity index (χ3v) is 7.90. The van der Waals surface area contributed by atoms with Crippen LogP contribution in [0.4, 0.5) is 0 Å². The van der Waals surface area contributed by atoms with Crippen LogP contribution in [0.15, 0.2) is 48.5 Å². The predicted molar refractivity (Wildman–Crippen MR) is 149 cm³/mol. The quantitative estimate of drug-likeness (QED) is 0.229. The van der Waals surface area contributed by atoms with Gasteiger partial charge in [-0.05, 0) is 139 Å². The largest absolute Gasteiger partial charge is 0.508 e. The van der Waals surface area contributed by atoms with E-state index in [-0.39, 0.29) is 11.5 Å². The summed E-state index contributed by atoms with van der Waals surface area (Å²) in [5, 5.41) is 41.5. The van der Waals surface area contributed by atoms with Crippen LogP contribution in [0.25, 0.3) is 0 Å². The molecule has 4 aromatic carbocycles. The van der Waals surface area contributed by atoms with Crippen molar-refractivity contribution in [3.8, 4) is 23.0 Å². The summed E-state index contributed by atoms with van der Waals surface area (Å²) in [4.78, 5) is 0. The van der Waals surface area contributed by atoms with Crippen LogP contribution in [-0.4, -0.2) is 20.4 Å². The molecule has 4 rings (SSSR count). The predicted octanol–water partition coefficient (Wildman–Crippen LogP) is 7.13. The second-order valence-electron chi connectivity index (χ2n) is 10.3. The molecule has 192 valence electrons. The second-order valence-corrected chi connectivity index (χ2v) is 10.3. The number of hydrogen-bond donors (Lipinski definition) is 4. The average molecular weight is 497 g/mol. The van der Waals surface area contributed by atoms with Gasteiger partial charge in [0.25, 0.3) is 0 Å². The number of hydrogen-bond acceptors (Lipinski definition) is 4. The van der Waals surface area contributed by atoms with Crippen LogP contribution in [0.5, 0.6) is 23.0 Å². The first-order valence-electron chi connectivity index (χ1n) is 12.6. The molecular weight excluding hydrogens is 460 g/mol. The van der Waals surface area contributed by atoms with Crippen LogP contribution < -0.4 is 0 Å². The van der Waals surface area contributed by atoms with E-state index in [0.29, 0.717) is 30.8 Å². The second kappa shape index (κ2) is 10.2. The van der Waals surface area contributed by atoms with Crippen LogP contribution in [0.1, 0.15) is 66.8 Å². The minimum Gasteiger partial charge on any atom is -0.508 e. The van der Waals surface area contributed by atoms with Crippen molar-refractivity contribution < 1.29 is 20.4 Å².